The summed E-state index contributed by atoms with van der Waals surface area (Å²) in [6, 6.07) is 6.87. The highest BCUT2D eigenvalue weighted by Gasteiger charge is 2.55. The maximum atomic E-state index is 13.4. The molecule has 0 N–H and O–H groups in total. The third-order valence-corrected chi connectivity index (χ3v) is 6.09. The van der Waals surface area contributed by atoms with Crippen LogP contribution in [0, 0.1) is 6.92 Å². The quantitative estimate of drug-likeness (QED) is 0.673. The van der Waals surface area contributed by atoms with E-state index in [1.807, 2.05) is 54.8 Å². The number of hydrogen-bond donors (Lipinski definition) is 0. The number of para-hydroxylation sites is 1. The van der Waals surface area contributed by atoms with Gasteiger partial charge in [-0.2, -0.15) is 0 Å². The first-order chi connectivity index (χ1) is 14.8. The van der Waals surface area contributed by atoms with Crippen LogP contribution in [0.4, 0.5) is 10.5 Å². The average molecular weight is 425 g/mol. The summed E-state index contributed by atoms with van der Waals surface area (Å²) in [5.41, 5.74) is 3.97. The number of fused-ring (bicyclic) bond motifs is 3. The van der Waals surface area contributed by atoms with E-state index < -0.39 is 24.2 Å². The summed E-state index contributed by atoms with van der Waals surface area (Å²) >= 11 is 0. The van der Waals surface area contributed by atoms with E-state index in [9.17, 15) is 14.4 Å². The number of carbonyl (C=O) groups excluding carboxylic acids is 3. The number of esters is 1. The molecule has 0 aromatic heterocycles. The minimum Gasteiger partial charge on any atom is -0.466 e. The third kappa shape index (κ3) is 3.15. The van der Waals surface area contributed by atoms with Crippen LogP contribution in [0.3, 0.4) is 0 Å². The summed E-state index contributed by atoms with van der Waals surface area (Å²) in [5, 5.41) is 0. The number of urea groups is 1. The smallest absolute Gasteiger partial charge is 0.328 e. The van der Waals surface area contributed by atoms with Gasteiger partial charge in [-0.3, -0.25) is 24.3 Å². The van der Waals surface area contributed by atoms with E-state index in [2.05, 4.69) is 0 Å². The van der Waals surface area contributed by atoms with Crippen LogP contribution < -0.4 is 4.90 Å². The Kier molecular flexibility index (Phi) is 5.20. The van der Waals surface area contributed by atoms with Gasteiger partial charge in [-0.1, -0.05) is 18.2 Å². The van der Waals surface area contributed by atoms with Crippen LogP contribution in [-0.2, 0) is 14.3 Å². The number of likely N-dealkylation sites (N-methyl/N-ethyl adjacent to an activating group) is 1. The maximum absolute atomic E-state index is 13.4. The van der Waals surface area contributed by atoms with Crippen LogP contribution >= 0.6 is 0 Å². The van der Waals surface area contributed by atoms with E-state index in [-0.39, 0.29) is 25.5 Å². The Hall–Kier alpha value is -3.36. The Morgan fingerprint density at radius 3 is 2.52 bits per heavy atom. The molecule has 9 heteroatoms. The molecule has 3 amide bonds. The first-order valence-corrected chi connectivity index (χ1v) is 10.4. The molecule has 1 saturated heterocycles. The molecule has 3 aliphatic heterocycles. The van der Waals surface area contributed by atoms with Crippen molar-refractivity contribution < 1.29 is 19.1 Å². The number of guanidine groups is 1. The van der Waals surface area contributed by atoms with E-state index >= 15 is 0 Å². The molecule has 9 nitrogen and oxygen atoms in total. The Bertz CT molecular complexity index is 1020. The Balaban J connectivity index is 1.67. The van der Waals surface area contributed by atoms with Crippen LogP contribution in [0.2, 0.25) is 0 Å². The van der Waals surface area contributed by atoms with Crippen molar-refractivity contribution in [2.75, 3.05) is 25.1 Å². The van der Waals surface area contributed by atoms with E-state index in [0.29, 0.717) is 5.96 Å². The zero-order valence-electron chi connectivity index (χ0n) is 18.5. The van der Waals surface area contributed by atoms with Gasteiger partial charge in [-0.05, 0) is 39.3 Å². The van der Waals surface area contributed by atoms with E-state index in [4.69, 9.17) is 9.73 Å². The van der Waals surface area contributed by atoms with Crippen molar-refractivity contribution in [3.63, 3.8) is 0 Å². The summed E-state index contributed by atoms with van der Waals surface area (Å²) in [5.74, 6) is -0.149. The standard InChI is InChI=1S/C22H27N5O4/c1-6-31-17(28)11-12-25-20(29)18-19(24(5)22(25)30)23-21-26(14(3)15(4)27(18)21)16-10-8-7-9-13(16)2/h7-10,18-19H,6,11-12H2,1-5H3. The number of aliphatic imine (C=N–C) groups is 1. The number of benzene rings is 1. The second-order valence-corrected chi connectivity index (χ2v) is 7.89. The molecule has 0 bridgehead atoms. The number of allylic oxidation sites excluding steroid dienone is 2. The number of nitrogens with zero attached hydrogens (tertiary/aromatic N) is 5. The molecule has 31 heavy (non-hydrogen) atoms. The molecule has 1 aromatic carbocycles. The lowest BCUT2D eigenvalue weighted by Gasteiger charge is -2.40. The van der Waals surface area contributed by atoms with Crippen molar-refractivity contribution >= 4 is 29.6 Å². The lowest BCUT2D eigenvalue weighted by atomic mass is 10.1. The molecular formula is C22H27N5O4. The van der Waals surface area contributed by atoms with Crippen molar-refractivity contribution in [2.45, 2.75) is 46.3 Å². The highest BCUT2D eigenvalue weighted by Crippen LogP contribution is 2.40. The Labute approximate surface area is 181 Å². The molecule has 3 aliphatic rings. The van der Waals surface area contributed by atoms with E-state index in [1.54, 1.807) is 14.0 Å². The molecule has 0 radical (unpaired) electrons. The minimum atomic E-state index is -0.663. The van der Waals surface area contributed by atoms with Gasteiger partial charge in [0.15, 0.2) is 12.2 Å². The largest absolute Gasteiger partial charge is 0.466 e. The maximum Gasteiger partial charge on any atom is 0.328 e. The minimum absolute atomic E-state index is 0.0174. The number of anilines is 1. The fraction of sp³-hybridized carbons (Fsp3) is 0.455. The SMILES string of the molecule is CCOC(=O)CCN1C(=O)C2C(N=C3N(c4ccccc4C)C(C)=C(C)N32)N(C)C1=O. The number of aryl methyl sites for hydroxylation is 1. The van der Waals surface area contributed by atoms with Gasteiger partial charge in [0.25, 0.3) is 5.91 Å². The zero-order chi connectivity index (χ0) is 22.4. The predicted octanol–water partition coefficient (Wildman–Crippen LogP) is 2.28. The molecule has 0 spiro atoms. The van der Waals surface area contributed by atoms with Gasteiger partial charge in [0.05, 0.1) is 18.7 Å². The predicted molar refractivity (Wildman–Crippen MR) is 115 cm³/mol. The summed E-state index contributed by atoms with van der Waals surface area (Å²) in [4.78, 5) is 49.4. The fourth-order valence-electron chi connectivity index (χ4n) is 4.36. The number of ether oxygens (including phenoxy) is 1. The van der Waals surface area contributed by atoms with Gasteiger partial charge in [-0.25, -0.2) is 9.79 Å². The number of hydrogen-bond acceptors (Lipinski definition) is 7. The van der Waals surface area contributed by atoms with Crippen molar-refractivity contribution in [3.05, 3.63) is 41.2 Å². The van der Waals surface area contributed by atoms with Gasteiger partial charge >= 0.3 is 12.0 Å². The van der Waals surface area contributed by atoms with E-state index in [1.165, 1.54) is 4.90 Å². The molecule has 0 aliphatic carbocycles. The highest BCUT2D eigenvalue weighted by molar-refractivity contribution is 6.10. The lowest BCUT2D eigenvalue weighted by molar-refractivity contribution is -0.144. The monoisotopic (exact) mass is 425 g/mol. The van der Waals surface area contributed by atoms with Gasteiger partial charge in [0, 0.05) is 25.0 Å². The molecule has 4 rings (SSSR count). The van der Waals surface area contributed by atoms with Crippen molar-refractivity contribution in [1.29, 1.82) is 0 Å². The normalized spacial score (nSPS) is 22.8. The van der Waals surface area contributed by atoms with Gasteiger partial charge in [0.1, 0.15) is 0 Å². The van der Waals surface area contributed by atoms with E-state index in [0.717, 1.165) is 27.5 Å². The Morgan fingerprint density at radius 2 is 1.84 bits per heavy atom. The fourth-order valence-corrected chi connectivity index (χ4v) is 4.36. The molecular weight excluding hydrogens is 398 g/mol. The van der Waals surface area contributed by atoms with Crippen LogP contribution in [0.1, 0.15) is 32.8 Å². The second-order valence-electron chi connectivity index (χ2n) is 7.89. The van der Waals surface area contributed by atoms with Crippen molar-refractivity contribution in [1.82, 2.24) is 14.7 Å². The molecule has 2 unspecified atom stereocenters. The Morgan fingerprint density at radius 1 is 1.13 bits per heavy atom. The molecule has 3 heterocycles. The molecule has 164 valence electrons. The summed E-state index contributed by atoms with van der Waals surface area (Å²) in [7, 11) is 1.64. The molecule has 2 atom stereocenters. The van der Waals surface area contributed by atoms with Gasteiger partial charge in [0.2, 0.25) is 5.96 Å². The zero-order valence-corrected chi connectivity index (χ0v) is 18.5. The van der Waals surface area contributed by atoms with Crippen molar-refractivity contribution in [2.24, 2.45) is 4.99 Å². The number of imide groups is 1. The first kappa shape index (κ1) is 20.9. The summed E-state index contributed by atoms with van der Waals surface area (Å²) in [6.07, 6.45) is -0.656. The number of amides is 3. The van der Waals surface area contributed by atoms with Crippen LogP contribution in [0.5, 0.6) is 0 Å². The molecule has 0 saturated carbocycles. The summed E-state index contributed by atoms with van der Waals surface area (Å²) in [6.45, 7) is 7.94. The summed E-state index contributed by atoms with van der Waals surface area (Å²) < 4.78 is 4.94. The average Bonchev–Trinajstić information content (AvgIpc) is 3.23. The van der Waals surface area contributed by atoms with Crippen molar-refractivity contribution in [3.8, 4) is 0 Å². The number of rotatable bonds is 5. The topological polar surface area (TPSA) is 85.8 Å². The third-order valence-electron chi connectivity index (χ3n) is 6.09. The number of carbonyl (C=O) groups is 3. The highest BCUT2D eigenvalue weighted by atomic mass is 16.5. The van der Waals surface area contributed by atoms with Gasteiger partial charge in [-0.15, -0.1) is 0 Å². The van der Waals surface area contributed by atoms with Crippen LogP contribution in [0.15, 0.2) is 40.7 Å². The lowest BCUT2D eigenvalue weighted by Crippen LogP contribution is -2.64. The second kappa shape index (κ2) is 7.72. The van der Waals surface area contributed by atoms with Gasteiger partial charge < -0.3 is 9.64 Å². The molecule has 1 aromatic rings. The van der Waals surface area contributed by atoms with Crippen LogP contribution in [0.25, 0.3) is 0 Å². The first-order valence-electron chi connectivity index (χ1n) is 10.4. The van der Waals surface area contributed by atoms with Crippen LogP contribution in [-0.4, -0.2) is 71.0 Å². The molecule has 1 fully saturated rings.